The maximum absolute atomic E-state index is 12.8. The first-order valence-corrected chi connectivity index (χ1v) is 10.9. The molecule has 0 unspecified atom stereocenters. The molecule has 0 fully saturated rings. The number of carbonyl (C=O) groups is 2. The molecule has 0 saturated heterocycles. The fourth-order valence-corrected chi connectivity index (χ4v) is 4.04. The number of aromatic nitrogens is 1. The molecule has 0 atom stereocenters. The lowest BCUT2D eigenvalue weighted by Crippen LogP contribution is -2.27. The van der Waals surface area contributed by atoms with Gasteiger partial charge in [0.2, 0.25) is 5.78 Å². The van der Waals surface area contributed by atoms with Crippen molar-refractivity contribution in [3.05, 3.63) is 82.1 Å². The summed E-state index contributed by atoms with van der Waals surface area (Å²) in [5, 5.41) is 11.6. The largest absolute Gasteiger partial charge is 0.487 e. The van der Waals surface area contributed by atoms with Gasteiger partial charge in [-0.05, 0) is 36.4 Å². The van der Waals surface area contributed by atoms with Gasteiger partial charge in [-0.1, -0.05) is 12.1 Å². The van der Waals surface area contributed by atoms with Crippen LogP contribution in [-0.4, -0.2) is 37.4 Å². The molecule has 1 aliphatic heterocycles. The van der Waals surface area contributed by atoms with Crippen LogP contribution in [0.15, 0.2) is 70.8 Å². The maximum Gasteiger partial charge on any atom is 0.338 e. The number of hydrogen-bond acceptors (Lipinski definition) is 9. The Morgan fingerprint density at radius 3 is 2.30 bits per heavy atom. The molecule has 0 saturated carbocycles. The Morgan fingerprint density at radius 2 is 1.73 bits per heavy atom. The molecule has 2 heterocycles. The van der Waals surface area contributed by atoms with Crippen molar-refractivity contribution < 1.29 is 19.1 Å². The summed E-state index contributed by atoms with van der Waals surface area (Å²) in [4.78, 5) is 32.9. The first-order valence-electron chi connectivity index (χ1n) is 10.0. The highest BCUT2D eigenvalue weighted by molar-refractivity contribution is 7.07. The Labute approximate surface area is 194 Å². The van der Waals surface area contributed by atoms with Crippen LogP contribution in [0.2, 0.25) is 0 Å². The highest BCUT2D eigenvalue weighted by Crippen LogP contribution is 2.40. The first kappa shape index (κ1) is 22.0. The molecule has 3 aromatic rings. The van der Waals surface area contributed by atoms with Crippen LogP contribution in [0, 0.1) is 11.3 Å². The Balaban J connectivity index is 1.39. The van der Waals surface area contributed by atoms with Gasteiger partial charge >= 0.3 is 5.97 Å². The summed E-state index contributed by atoms with van der Waals surface area (Å²) in [6, 6.07) is 16.0. The number of Topliss-reactive ketones (excluding diaryl/α,β-unsaturated/α-hetero) is 1. The lowest BCUT2D eigenvalue weighted by molar-refractivity contribution is -0.118. The standard InChI is InChI=1S/C24H20N4O4S/c1-27-20-5-3-4-6-21(20)28(2)23(27)19(11-25)22(29)13-32-24(30)16-7-9-18(10-8-16)31-12-17-14-33-15-26-17/h3-10,14-15H,12-13H2,1-2H3. The summed E-state index contributed by atoms with van der Waals surface area (Å²) < 4.78 is 10.8. The Kier molecular flexibility index (Phi) is 6.38. The van der Waals surface area contributed by atoms with E-state index in [2.05, 4.69) is 4.98 Å². The van der Waals surface area contributed by atoms with E-state index < -0.39 is 18.4 Å². The Hall–Kier alpha value is -4.16. The van der Waals surface area contributed by atoms with Crippen LogP contribution in [0.4, 0.5) is 11.4 Å². The van der Waals surface area contributed by atoms with Crippen molar-refractivity contribution >= 4 is 34.5 Å². The van der Waals surface area contributed by atoms with Crippen molar-refractivity contribution in [3.63, 3.8) is 0 Å². The van der Waals surface area contributed by atoms with Crippen LogP contribution in [0.3, 0.4) is 0 Å². The van der Waals surface area contributed by atoms with Crippen molar-refractivity contribution in [2.45, 2.75) is 6.61 Å². The molecule has 0 amide bonds. The average molecular weight is 461 g/mol. The molecule has 9 heteroatoms. The zero-order chi connectivity index (χ0) is 23.4. The van der Waals surface area contributed by atoms with E-state index in [0.29, 0.717) is 18.2 Å². The predicted molar refractivity (Wildman–Crippen MR) is 124 cm³/mol. The normalized spacial score (nSPS) is 12.2. The fourth-order valence-electron chi connectivity index (χ4n) is 3.50. The third-order valence-corrected chi connectivity index (χ3v) is 5.78. The maximum atomic E-state index is 12.8. The number of fused-ring (bicyclic) bond motifs is 1. The van der Waals surface area contributed by atoms with Gasteiger partial charge in [0, 0.05) is 19.5 Å². The molecule has 0 N–H and O–H groups in total. The van der Waals surface area contributed by atoms with Gasteiger partial charge in [0.05, 0.1) is 28.1 Å². The van der Waals surface area contributed by atoms with Gasteiger partial charge in [0.25, 0.3) is 0 Å². The molecule has 4 rings (SSSR count). The number of rotatable bonds is 7. The first-order chi connectivity index (χ1) is 16.0. The summed E-state index contributed by atoms with van der Waals surface area (Å²) >= 11 is 1.49. The lowest BCUT2D eigenvalue weighted by atomic mass is 10.2. The number of hydrogen-bond donors (Lipinski definition) is 0. The summed E-state index contributed by atoms with van der Waals surface area (Å²) in [6.07, 6.45) is 0. The summed E-state index contributed by atoms with van der Waals surface area (Å²) in [5.41, 5.74) is 4.52. The Bertz CT molecular complexity index is 1220. The van der Waals surface area contributed by atoms with E-state index in [1.54, 1.807) is 53.7 Å². The lowest BCUT2D eigenvalue weighted by Gasteiger charge is -2.19. The molecular weight excluding hydrogens is 440 g/mol. The molecule has 1 aromatic heterocycles. The second-order valence-electron chi connectivity index (χ2n) is 7.21. The predicted octanol–water partition coefficient (Wildman–Crippen LogP) is 3.77. The Morgan fingerprint density at radius 1 is 1.06 bits per heavy atom. The number of nitrogens with zero attached hydrogens (tertiary/aromatic N) is 4. The van der Waals surface area contributed by atoms with E-state index in [0.717, 1.165) is 17.1 Å². The van der Waals surface area contributed by atoms with Crippen molar-refractivity contribution in [1.29, 1.82) is 5.26 Å². The average Bonchev–Trinajstić information content (AvgIpc) is 3.45. The van der Waals surface area contributed by atoms with Crippen LogP contribution in [0.5, 0.6) is 5.75 Å². The minimum atomic E-state index is -0.659. The monoisotopic (exact) mass is 460 g/mol. The quantitative estimate of drug-likeness (QED) is 0.299. The molecule has 0 radical (unpaired) electrons. The number of thiazole rings is 1. The number of ketones is 1. The smallest absolute Gasteiger partial charge is 0.338 e. The SMILES string of the molecule is CN1C(=C(C#N)C(=O)COC(=O)c2ccc(OCc3cscn3)cc2)N(C)c2ccccc21. The van der Waals surface area contributed by atoms with Crippen LogP contribution in [-0.2, 0) is 16.1 Å². The van der Waals surface area contributed by atoms with Gasteiger partial charge < -0.3 is 19.3 Å². The van der Waals surface area contributed by atoms with E-state index in [1.165, 1.54) is 11.3 Å². The topological polar surface area (TPSA) is 95.8 Å². The molecule has 166 valence electrons. The van der Waals surface area contributed by atoms with E-state index >= 15 is 0 Å². The van der Waals surface area contributed by atoms with Crippen molar-refractivity contribution in [2.24, 2.45) is 0 Å². The van der Waals surface area contributed by atoms with Gasteiger partial charge in [0.1, 0.15) is 29.8 Å². The number of para-hydroxylation sites is 2. The molecule has 2 aromatic carbocycles. The molecule has 0 bridgehead atoms. The summed E-state index contributed by atoms with van der Waals surface area (Å²) in [5.74, 6) is -0.205. The van der Waals surface area contributed by atoms with Crippen LogP contribution < -0.4 is 14.5 Å². The molecule has 33 heavy (non-hydrogen) atoms. The zero-order valence-corrected chi connectivity index (χ0v) is 18.8. The number of benzene rings is 2. The third kappa shape index (κ3) is 4.56. The second-order valence-corrected chi connectivity index (χ2v) is 7.93. The van der Waals surface area contributed by atoms with Gasteiger partial charge in [0.15, 0.2) is 6.61 Å². The number of nitriles is 1. The number of carbonyl (C=O) groups excluding carboxylic acids is 2. The van der Waals surface area contributed by atoms with Gasteiger partial charge in [-0.25, -0.2) is 9.78 Å². The zero-order valence-electron chi connectivity index (χ0n) is 18.0. The highest BCUT2D eigenvalue weighted by atomic mass is 32.1. The molecule has 0 aliphatic carbocycles. The summed E-state index contributed by atoms with van der Waals surface area (Å²) in [7, 11) is 3.57. The number of anilines is 2. The number of ether oxygens (including phenoxy) is 2. The van der Waals surface area contributed by atoms with Gasteiger partial charge in [-0.15, -0.1) is 11.3 Å². The molecule has 8 nitrogen and oxygen atoms in total. The molecular formula is C24H20N4O4S. The minimum Gasteiger partial charge on any atom is -0.487 e. The van der Waals surface area contributed by atoms with E-state index in [9.17, 15) is 14.9 Å². The van der Waals surface area contributed by atoms with Crippen LogP contribution in [0.25, 0.3) is 0 Å². The minimum absolute atomic E-state index is 0.0743. The number of esters is 1. The van der Waals surface area contributed by atoms with Gasteiger partial charge in [-0.2, -0.15) is 5.26 Å². The summed E-state index contributed by atoms with van der Waals surface area (Å²) in [6.45, 7) is -0.203. The van der Waals surface area contributed by atoms with Crippen LogP contribution >= 0.6 is 11.3 Å². The highest BCUT2D eigenvalue weighted by Gasteiger charge is 2.31. The van der Waals surface area contributed by atoms with Gasteiger partial charge in [-0.3, -0.25) is 4.79 Å². The van der Waals surface area contributed by atoms with E-state index in [-0.39, 0.29) is 11.1 Å². The molecule has 0 spiro atoms. The van der Waals surface area contributed by atoms with Crippen molar-refractivity contribution in [2.75, 3.05) is 30.5 Å². The van der Waals surface area contributed by atoms with Crippen LogP contribution in [0.1, 0.15) is 16.1 Å². The fraction of sp³-hybridized carbons (Fsp3) is 0.167. The van der Waals surface area contributed by atoms with E-state index in [1.807, 2.05) is 35.7 Å². The van der Waals surface area contributed by atoms with Crippen molar-refractivity contribution in [1.82, 2.24) is 4.98 Å². The third-order valence-electron chi connectivity index (χ3n) is 5.15. The second kappa shape index (κ2) is 9.54. The molecule has 1 aliphatic rings. The van der Waals surface area contributed by atoms with Crippen molar-refractivity contribution in [3.8, 4) is 11.8 Å². The van der Waals surface area contributed by atoms with E-state index in [4.69, 9.17) is 9.47 Å².